The monoisotopic (exact) mass is 263 g/mol. The fourth-order valence-electron chi connectivity index (χ4n) is 1.66. The summed E-state index contributed by atoms with van der Waals surface area (Å²) in [5.74, 6) is 0.262. The maximum atomic E-state index is 13.4. The van der Waals surface area contributed by atoms with Gasteiger partial charge in [-0.25, -0.2) is 13.8 Å². The number of nitrogens with one attached hydrogen (secondary N) is 2. The molecule has 0 radical (unpaired) electrons. The van der Waals surface area contributed by atoms with E-state index >= 15 is 0 Å². The molecule has 0 aliphatic rings. The van der Waals surface area contributed by atoms with Gasteiger partial charge in [0, 0.05) is 24.7 Å². The molecule has 0 atom stereocenters. The molecular weight excluding hydrogens is 248 g/mol. The van der Waals surface area contributed by atoms with Crippen LogP contribution in [0.3, 0.4) is 0 Å². The van der Waals surface area contributed by atoms with Crippen LogP contribution in [0, 0.1) is 11.6 Å². The summed E-state index contributed by atoms with van der Waals surface area (Å²) < 4.78 is 26.2. The summed E-state index contributed by atoms with van der Waals surface area (Å²) in [5, 5.41) is 6.10. The van der Waals surface area contributed by atoms with Crippen molar-refractivity contribution in [2.75, 3.05) is 17.2 Å². The van der Waals surface area contributed by atoms with Crippen LogP contribution >= 0.6 is 0 Å². The maximum absolute atomic E-state index is 13.4. The van der Waals surface area contributed by atoms with Crippen LogP contribution < -0.4 is 10.6 Å². The number of aromatic nitrogens is 1. The first-order chi connectivity index (χ1) is 9.19. The van der Waals surface area contributed by atoms with Gasteiger partial charge in [-0.1, -0.05) is 12.1 Å². The van der Waals surface area contributed by atoms with Gasteiger partial charge < -0.3 is 10.6 Å². The van der Waals surface area contributed by atoms with E-state index < -0.39 is 11.6 Å². The molecule has 0 bridgehead atoms. The Hall–Kier alpha value is -2.17. The molecule has 3 nitrogen and oxygen atoms in total. The molecule has 0 aliphatic carbocycles. The Bertz CT molecular complexity index is 558. The third kappa shape index (κ3) is 3.64. The second kappa shape index (κ2) is 6.13. The zero-order valence-electron chi connectivity index (χ0n) is 10.6. The van der Waals surface area contributed by atoms with E-state index in [-0.39, 0.29) is 6.54 Å². The Morgan fingerprint density at radius 1 is 1.05 bits per heavy atom. The summed E-state index contributed by atoms with van der Waals surface area (Å²) in [7, 11) is 0. The highest BCUT2D eigenvalue weighted by Gasteiger charge is 2.04. The third-order valence-corrected chi connectivity index (χ3v) is 2.58. The van der Waals surface area contributed by atoms with Crippen molar-refractivity contribution in [2.45, 2.75) is 13.5 Å². The summed E-state index contributed by atoms with van der Waals surface area (Å²) in [4.78, 5) is 4.31. The van der Waals surface area contributed by atoms with Crippen LogP contribution in [0.5, 0.6) is 0 Å². The van der Waals surface area contributed by atoms with Crippen molar-refractivity contribution in [3.63, 3.8) is 0 Å². The predicted octanol–water partition coefficient (Wildman–Crippen LogP) is 3.40. The quantitative estimate of drug-likeness (QED) is 0.868. The molecule has 2 aromatic rings. The van der Waals surface area contributed by atoms with Gasteiger partial charge >= 0.3 is 0 Å². The predicted molar refractivity (Wildman–Crippen MR) is 72.1 cm³/mol. The molecule has 0 saturated carbocycles. The lowest BCUT2D eigenvalue weighted by atomic mass is 10.2. The van der Waals surface area contributed by atoms with E-state index in [4.69, 9.17) is 0 Å². The minimum atomic E-state index is -0.575. The van der Waals surface area contributed by atoms with Gasteiger partial charge in [0.05, 0.1) is 0 Å². The summed E-state index contributed by atoms with van der Waals surface area (Å²) in [5.41, 5.74) is 0.400. The van der Waals surface area contributed by atoms with Gasteiger partial charge in [-0.2, -0.15) is 0 Å². The van der Waals surface area contributed by atoms with Gasteiger partial charge in [-0.05, 0) is 25.1 Å². The van der Waals surface area contributed by atoms with Gasteiger partial charge in [-0.3, -0.25) is 0 Å². The van der Waals surface area contributed by atoms with E-state index in [0.29, 0.717) is 11.4 Å². The number of pyridine rings is 1. The fourth-order valence-corrected chi connectivity index (χ4v) is 1.66. The van der Waals surface area contributed by atoms with E-state index in [2.05, 4.69) is 15.6 Å². The van der Waals surface area contributed by atoms with Crippen molar-refractivity contribution in [2.24, 2.45) is 0 Å². The number of hydrogen-bond donors (Lipinski definition) is 2. The van der Waals surface area contributed by atoms with Crippen LogP contribution in [0.15, 0.2) is 36.4 Å². The van der Waals surface area contributed by atoms with Crippen molar-refractivity contribution in [3.8, 4) is 0 Å². The highest BCUT2D eigenvalue weighted by atomic mass is 19.1. The lowest BCUT2D eigenvalue weighted by Crippen LogP contribution is -2.05. The average Bonchev–Trinajstić information content (AvgIpc) is 2.38. The number of halogens is 2. The maximum Gasteiger partial charge on any atom is 0.131 e. The Morgan fingerprint density at radius 3 is 2.47 bits per heavy atom. The SMILES string of the molecule is CCNc1cccc(NCc2ccc(F)cc2F)n1. The fraction of sp³-hybridized carbons (Fsp3) is 0.214. The first-order valence-electron chi connectivity index (χ1n) is 6.07. The summed E-state index contributed by atoms with van der Waals surface area (Å²) in [6, 6.07) is 9.04. The first-order valence-corrected chi connectivity index (χ1v) is 6.07. The second-order valence-corrected chi connectivity index (χ2v) is 4.03. The number of benzene rings is 1. The van der Waals surface area contributed by atoms with Gasteiger partial charge in [-0.15, -0.1) is 0 Å². The second-order valence-electron chi connectivity index (χ2n) is 4.03. The molecule has 0 spiro atoms. The molecule has 0 saturated heterocycles. The molecule has 0 amide bonds. The summed E-state index contributed by atoms with van der Waals surface area (Å²) in [6.07, 6.45) is 0. The number of nitrogens with zero attached hydrogens (tertiary/aromatic N) is 1. The molecule has 0 unspecified atom stereocenters. The molecule has 1 heterocycles. The van der Waals surface area contributed by atoms with E-state index in [1.807, 2.05) is 19.1 Å². The summed E-state index contributed by atoms with van der Waals surface area (Å²) in [6.45, 7) is 3.02. The number of anilines is 2. The molecule has 2 N–H and O–H groups in total. The largest absolute Gasteiger partial charge is 0.370 e. The topological polar surface area (TPSA) is 37.0 Å². The Kier molecular flexibility index (Phi) is 4.28. The van der Waals surface area contributed by atoms with Crippen molar-refractivity contribution in [3.05, 3.63) is 53.6 Å². The number of hydrogen-bond acceptors (Lipinski definition) is 3. The standard InChI is InChI=1S/C14H15F2N3/c1-2-17-13-4-3-5-14(19-13)18-9-10-6-7-11(15)8-12(10)16/h3-8H,2,9H2,1H3,(H2,17,18,19). The van der Waals surface area contributed by atoms with Crippen LogP contribution in [0.2, 0.25) is 0 Å². The normalized spacial score (nSPS) is 10.3. The highest BCUT2D eigenvalue weighted by molar-refractivity contribution is 5.45. The zero-order valence-corrected chi connectivity index (χ0v) is 10.6. The third-order valence-electron chi connectivity index (χ3n) is 2.58. The van der Waals surface area contributed by atoms with E-state index in [9.17, 15) is 8.78 Å². The molecule has 2 rings (SSSR count). The minimum Gasteiger partial charge on any atom is -0.370 e. The molecule has 1 aromatic carbocycles. The minimum absolute atomic E-state index is 0.259. The van der Waals surface area contributed by atoms with Crippen molar-refractivity contribution < 1.29 is 8.78 Å². The van der Waals surface area contributed by atoms with Crippen LogP contribution in [0.25, 0.3) is 0 Å². The molecule has 100 valence electrons. The molecule has 19 heavy (non-hydrogen) atoms. The van der Waals surface area contributed by atoms with Crippen molar-refractivity contribution in [1.29, 1.82) is 0 Å². The molecule has 5 heteroatoms. The Labute approximate surface area is 110 Å². The van der Waals surface area contributed by atoms with Gasteiger partial charge in [0.2, 0.25) is 0 Å². The average molecular weight is 263 g/mol. The van der Waals surface area contributed by atoms with Crippen LogP contribution in [0.4, 0.5) is 20.4 Å². The molecule has 1 aromatic heterocycles. The van der Waals surface area contributed by atoms with Gasteiger partial charge in [0.25, 0.3) is 0 Å². The smallest absolute Gasteiger partial charge is 0.131 e. The van der Waals surface area contributed by atoms with Crippen LogP contribution in [-0.2, 0) is 6.54 Å². The van der Waals surface area contributed by atoms with Gasteiger partial charge in [0.15, 0.2) is 0 Å². The van der Waals surface area contributed by atoms with E-state index in [0.717, 1.165) is 18.4 Å². The molecule has 0 aliphatic heterocycles. The highest BCUT2D eigenvalue weighted by Crippen LogP contribution is 2.13. The van der Waals surface area contributed by atoms with Crippen LogP contribution in [0.1, 0.15) is 12.5 Å². The first kappa shape index (κ1) is 13.3. The summed E-state index contributed by atoms with van der Waals surface area (Å²) >= 11 is 0. The Balaban J connectivity index is 2.03. The van der Waals surface area contributed by atoms with Crippen LogP contribution in [-0.4, -0.2) is 11.5 Å². The molecular formula is C14H15F2N3. The van der Waals surface area contributed by atoms with Crippen molar-refractivity contribution in [1.82, 2.24) is 4.98 Å². The number of rotatable bonds is 5. The van der Waals surface area contributed by atoms with E-state index in [1.54, 1.807) is 6.07 Å². The zero-order chi connectivity index (χ0) is 13.7. The lowest BCUT2D eigenvalue weighted by molar-refractivity contribution is 0.574. The van der Waals surface area contributed by atoms with Crippen molar-refractivity contribution >= 4 is 11.6 Å². The van der Waals surface area contributed by atoms with Gasteiger partial charge in [0.1, 0.15) is 23.3 Å². The lowest BCUT2D eigenvalue weighted by Gasteiger charge is -2.08. The Morgan fingerprint density at radius 2 is 1.79 bits per heavy atom. The van der Waals surface area contributed by atoms with E-state index in [1.165, 1.54) is 12.1 Å². The molecule has 0 fully saturated rings.